The zero-order valence-corrected chi connectivity index (χ0v) is 22.4. The first-order valence-corrected chi connectivity index (χ1v) is 13.1. The van der Waals surface area contributed by atoms with E-state index in [1.165, 1.54) is 0 Å². The van der Waals surface area contributed by atoms with Crippen LogP contribution in [0.3, 0.4) is 0 Å². The second kappa shape index (κ2) is 13.5. The number of rotatable bonds is 12. The van der Waals surface area contributed by atoms with Crippen molar-refractivity contribution in [1.29, 1.82) is 0 Å². The van der Waals surface area contributed by atoms with Crippen molar-refractivity contribution in [3.63, 3.8) is 0 Å². The number of nitrogens with zero attached hydrogens (tertiary/aromatic N) is 1. The van der Waals surface area contributed by atoms with Gasteiger partial charge in [-0.25, -0.2) is 0 Å². The Labute approximate surface area is 225 Å². The van der Waals surface area contributed by atoms with Crippen LogP contribution in [0.15, 0.2) is 84.9 Å². The summed E-state index contributed by atoms with van der Waals surface area (Å²) in [7, 11) is 0. The lowest BCUT2D eigenvalue weighted by Crippen LogP contribution is -2.56. The lowest BCUT2D eigenvalue weighted by molar-refractivity contribution is -0.131. The van der Waals surface area contributed by atoms with Crippen LogP contribution in [0.4, 0.5) is 0 Å². The third-order valence-corrected chi connectivity index (χ3v) is 6.36. The summed E-state index contributed by atoms with van der Waals surface area (Å²) in [6, 6.07) is 26.4. The molecule has 0 saturated carbocycles. The predicted octanol–water partition coefficient (Wildman–Crippen LogP) is 4.13. The molecule has 0 aliphatic rings. The van der Waals surface area contributed by atoms with Crippen LogP contribution in [0.1, 0.15) is 49.5 Å². The highest BCUT2D eigenvalue weighted by Gasteiger charge is 2.28. The summed E-state index contributed by atoms with van der Waals surface area (Å²) in [6.07, 6.45) is 1.93. The van der Waals surface area contributed by atoms with E-state index in [1.807, 2.05) is 85.8 Å². The average molecular weight is 515 g/mol. The number of nitrogens with one attached hydrogen (secondary N) is 2. The lowest BCUT2D eigenvalue weighted by Gasteiger charge is -2.26. The van der Waals surface area contributed by atoms with Gasteiger partial charge in [0.05, 0.1) is 12.2 Å². The van der Waals surface area contributed by atoms with Crippen molar-refractivity contribution in [2.45, 2.75) is 51.6 Å². The van der Waals surface area contributed by atoms with E-state index in [0.717, 1.165) is 23.1 Å². The smallest absolute Gasteiger partial charge is 0.255 e. The summed E-state index contributed by atoms with van der Waals surface area (Å²) >= 11 is 0. The molecule has 0 aromatic heterocycles. The maximum atomic E-state index is 13.5. The fraction of sp³-hybridized carbons (Fsp3) is 0.323. The average Bonchev–Trinajstić information content (AvgIpc) is 2.93. The highest BCUT2D eigenvalue weighted by molar-refractivity contribution is 6.01. The van der Waals surface area contributed by atoms with Gasteiger partial charge in [0.25, 0.3) is 5.91 Å². The number of hydrogen-bond acceptors (Lipinski definition) is 4. The van der Waals surface area contributed by atoms with Crippen LogP contribution in [-0.2, 0) is 16.0 Å². The Bertz CT molecular complexity index is 1210. The standard InChI is InChI=1S/C31H38N4O3/c1-4-35(29(37)26-20-12-11-19-25(26)24-17-9-6-10-18-24)22-33-28(36)27(34-30(38)31(2,3)32)21-13-16-23-14-7-5-8-15-23/h5-12,14-15,17-20,27H,4,13,16,21-22,32H2,1-3H3,(H,33,36)(H,34,38). The Morgan fingerprint density at radius 1 is 0.895 bits per heavy atom. The fourth-order valence-corrected chi connectivity index (χ4v) is 4.10. The molecular formula is C31H38N4O3. The van der Waals surface area contributed by atoms with E-state index in [0.29, 0.717) is 24.9 Å². The first kappa shape index (κ1) is 28.6. The number of benzene rings is 3. The summed E-state index contributed by atoms with van der Waals surface area (Å²) in [4.78, 5) is 40.9. The molecule has 1 unspecified atom stereocenters. The molecule has 7 heteroatoms. The van der Waals surface area contributed by atoms with Crippen LogP contribution < -0.4 is 16.4 Å². The highest BCUT2D eigenvalue weighted by Crippen LogP contribution is 2.24. The van der Waals surface area contributed by atoms with Gasteiger partial charge in [-0.1, -0.05) is 78.9 Å². The number of carbonyl (C=O) groups excluding carboxylic acids is 3. The van der Waals surface area contributed by atoms with Crippen molar-refractivity contribution < 1.29 is 14.4 Å². The maximum Gasteiger partial charge on any atom is 0.255 e. The van der Waals surface area contributed by atoms with Gasteiger partial charge in [-0.2, -0.15) is 0 Å². The van der Waals surface area contributed by atoms with Gasteiger partial charge in [-0.05, 0) is 62.8 Å². The quantitative estimate of drug-likeness (QED) is 0.316. The van der Waals surface area contributed by atoms with E-state index in [9.17, 15) is 14.4 Å². The third kappa shape index (κ3) is 8.02. The van der Waals surface area contributed by atoms with Crippen molar-refractivity contribution in [2.24, 2.45) is 5.73 Å². The van der Waals surface area contributed by atoms with Crippen molar-refractivity contribution in [1.82, 2.24) is 15.5 Å². The van der Waals surface area contributed by atoms with E-state index in [2.05, 4.69) is 10.6 Å². The molecule has 38 heavy (non-hydrogen) atoms. The molecule has 3 aromatic carbocycles. The van der Waals surface area contributed by atoms with E-state index >= 15 is 0 Å². The topological polar surface area (TPSA) is 105 Å². The Morgan fingerprint density at radius 3 is 2.13 bits per heavy atom. The van der Waals surface area contributed by atoms with Crippen molar-refractivity contribution in [2.75, 3.05) is 13.2 Å². The maximum absolute atomic E-state index is 13.5. The highest BCUT2D eigenvalue weighted by atomic mass is 16.2. The summed E-state index contributed by atoms with van der Waals surface area (Å²) in [5, 5.41) is 5.66. The van der Waals surface area contributed by atoms with Crippen molar-refractivity contribution in [3.8, 4) is 11.1 Å². The van der Waals surface area contributed by atoms with Crippen LogP contribution in [0, 0.1) is 0 Å². The number of nitrogens with two attached hydrogens (primary N) is 1. The van der Waals surface area contributed by atoms with Gasteiger partial charge < -0.3 is 21.3 Å². The Hall–Kier alpha value is -3.97. The number of aryl methyl sites for hydroxylation is 1. The minimum atomic E-state index is -1.12. The molecular weight excluding hydrogens is 476 g/mol. The van der Waals surface area contributed by atoms with Crippen LogP contribution in [0.25, 0.3) is 11.1 Å². The van der Waals surface area contributed by atoms with Gasteiger partial charge >= 0.3 is 0 Å². The zero-order valence-electron chi connectivity index (χ0n) is 22.4. The lowest BCUT2D eigenvalue weighted by atomic mass is 9.99. The van der Waals surface area contributed by atoms with Crippen molar-refractivity contribution in [3.05, 3.63) is 96.1 Å². The third-order valence-electron chi connectivity index (χ3n) is 6.36. The van der Waals surface area contributed by atoms with Crippen LogP contribution >= 0.6 is 0 Å². The molecule has 0 bridgehead atoms. The molecule has 4 N–H and O–H groups in total. The van der Waals surface area contributed by atoms with Gasteiger partial charge in [0.15, 0.2) is 0 Å². The van der Waals surface area contributed by atoms with Crippen LogP contribution in [-0.4, -0.2) is 47.4 Å². The molecule has 0 heterocycles. The van der Waals surface area contributed by atoms with Gasteiger partial charge in [-0.3, -0.25) is 14.4 Å². The van der Waals surface area contributed by atoms with Crippen molar-refractivity contribution >= 4 is 17.7 Å². The predicted molar refractivity (Wildman–Crippen MR) is 151 cm³/mol. The van der Waals surface area contributed by atoms with E-state index in [-0.39, 0.29) is 18.5 Å². The number of hydrogen-bond donors (Lipinski definition) is 3. The number of carbonyl (C=O) groups is 3. The first-order chi connectivity index (χ1) is 18.2. The van der Waals surface area contributed by atoms with Crippen LogP contribution in [0.5, 0.6) is 0 Å². The fourth-order valence-electron chi connectivity index (χ4n) is 4.10. The van der Waals surface area contributed by atoms with Gasteiger partial charge in [0.1, 0.15) is 6.04 Å². The summed E-state index contributed by atoms with van der Waals surface area (Å²) in [5.74, 6) is -0.934. The van der Waals surface area contributed by atoms with Crippen LogP contribution in [0.2, 0.25) is 0 Å². The van der Waals surface area contributed by atoms with Gasteiger partial charge in [0, 0.05) is 12.1 Å². The second-order valence-corrected chi connectivity index (χ2v) is 9.90. The van der Waals surface area contributed by atoms with E-state index in [1.54, 1.807) is 24.8 Å². The molecule has 3 rings (SSSR count). The Balaban J connectivity index is 1.69. The molecule has 0 fully saturated rings. The number of amides is 3. The first-order valence-electron chi connectivity index (χ1n) is 13.1. The minimum absolute atomic E-state index is 0.0222. The van der Waals surface area contributed by atoms with E-state index < -0.39 is 17.5 Å². The molecule has 0 radical (unpaired) electrons. The monoisotopic (exact) mass is 514 g/mol. The van der Waals surface area contributed by atoms with Gasteiger partial charge in [-0.15, -0.1) is 0 Å². The molecule has 7 nitrogen and oxygen atoms in total. The normalized spacial score (nSPS) is 11.9. The second-order valence-electron chi connectivity index (χ2n) is 9.90. The Kier molecular flexibility index (Phi) is 10.2. The van der Waals surface area contributed by atoms with Gasteiger partial charge in [0.2, 0.25) is 11.8 Å². The van der Waals surface area contributed by atoms with E-state index in [4.69, 9.17) is 5.73 Å². The molecule has 0 aliphatic heterocycles. The molecule has 3 amide bonds. The summed E-state index contributed by atoms with van der Waals surface area (Å²) in [5.41, 5.74) is 8.35. The molecule has 3 aromatic rings. The minimum Gasteiger partial charge on any atom is -0.343 e. The molecule has 0 spiro atoms. The summed E-state index contributed by atoms with van der Waals surface area (Å²) in [6.45, 7) is 5.49. The SMILES string of the molecule is CCN(CNC(=O)C(CCCc1ccccc1)NC(=O)C(C)(C)N)C(=O)c1ccccc1-c1ccccc1. The zero-order chi connectivity index (χ0) is 27.5. The summed E-state index contributed by atoms with van der Waals surface area (Å²) < 4.78 is 0. The molecule has 1 atom stereocenters. The molecule has 200 valence electrons. The molecule has 0 saturated heterocycles. The Morgan fingerprint density at radius 2 is 1.50 bits per heavy atom. The largest absolute Gasteiger partial charge is 0.343 e. The molecule has 0 aliphatic carbocycles.